The lowest BCUT2D eigenvalue weighted by molar-refractivity contribution is 0.0216. The molecule has 1 saturated heterocycles. The first-order chi connectivity index (χ1) is 11.2. The van der Waals surface area contributed by atoms with Gasteiger partial charge >= 0.3 is 5.97 Å². The van der Waals surface area contributed by atoms with E-state index in [1.54, 1.807) is 24.3 Å². The summed E-state index contributed by atoms with van der Waals surface area (Å²) in [5, 5.41) is 0. The molecular weight excluding hydrogens is 288 g/mol. The number of nitrogens with zero attached hydrogens (tertiary/aromatic N) is 1. The van der Waals surface area contributed by atoms with Crippen LogP contribution in [0.1, 0.15) is 34.9 Å². The first kappa shape index (κ1) is 15.6. The first-order valence-electron chi connectivity index (χ1n) is 8.06. The summed E-state index contributed by atoms with van der Waals surface area (Å²) in [6, 6.07) is 16.8. The van der Waals surface area contributed by atoms with E-state index in [1.165, 1.54) is 12.8 Å². The number of ether oxygens (including phenoxy) is 1. The Morgan fingerprint density at radius 3 is 2.35 bits per heavy atom. The summed E-state index contributed by atoms with van der Waals surface area (Å²) in [6.07, 6.45) is 2.18. The number of esters is 1. The predicted octanol–water partition coefficient (Wildman–Crippen LogP) is 3.26. The van der Waals surface area contributed by atoms with Gasteiger partial charge in [0.05, 0.1) is 5.56 Å². The molecule has 2 N–H and O–H groups in total. The van der Waals surface area contributed by atoms with Crippen LogP contribution < -0.4 is 5.73 Å². The quantitative estimate of drug-likeness (QED) is 0.680. The molecular formula is C19H22N2O2. The van der Waals surface area contributed by atoms with Crippen LogP contribution in [-0.2, 0) is 4.74 Å². The van der Waals surface area contributed by atoms with Gasteiger partial charge < -0.3 is 10.5 Å². The number of nitrogens with two attached hydrogens (primary N) is 1. The minimum Gasteiger partial charge on any atom is -0.453 e. The standard InChI is InChI=1S/C19H22N2O2/c20-17-10-8-16(9-11-17)19(22)23-18(14-21-12-4-5-13-21)15-6-2-1-3-7-15/h1-3,6-11,18H,4-5,12-14,20H2. The van der Waals surface area contributed by atoms with Crippen molar-refractivity contribution >= 4 is 11.7 Å². The van der Waals surface area contributed by atoms with E-state index < -0.39 is 0 Å². The number of rotatable bonds is 5. The molecule has 1 fully saturated rings. The summed E-state index contributed by atoms with van der Waals surface area (Å²) in [5.41, 5.74) is 7.87. The molecule has 0 amide bonds. The van der Waals surface area contributed by atoms with Gasteiger partial charge in [0.1, 0.15) is 6.10 Å². The maximum atomic E-state index is 12.4. The van der Waals surface area contributed by atoms with Crippen molar-refractivity contribution < 1.29 is 9.53 Å². The number of carbonyl (C=O) groups excluding carboxylic acids is 1. The van der Waals surface area contributed by atoms with Crippen molar-refractivity contribution in [3.63, 3.8) is 0 Å². The third-order valence-electron chi connectivity index (χ3n) is 4.19. The molecule has 0 saturated carbocycles. The summed E-state index contributed by atoms with van der Waals surface area (Å²) >= 11 is 0. The Labute approximate surface area is 136 Å². The first-order valence-corrected chi connectivity index (χ1v) is 8.06. The lowest BCUT2D eigenvalue weighted by Gasteiger charge is -2.24. The van der Waals surface area contributed by atoms with Crippen LogP contribution in [0.3, 0.4) is 0 Å². The van der Waals surface area contributed by atoms with Crippen LogP contribution in [0.2, 0.25) is 0 Å². The minimum atomic E-state index is -0.307. The Hall–Kier alpha value is -2.33. The zero-order valence-electron chi connectivity index (χ0n) is 13.2. The van der Waals surface area contributed by atoms with Gasteiger partial charge in [-0.05, 0) is 55.8 Å². The molecule has 23 heavy (non-hydrogen) atoms. The van der Waals surface area contributed by atoms with Gasteiger partial charge in [0.25, 0.3) is 0 Å². The van der Waals surface area contributed by atoms with Crippen molar-refractivity contribution in [1.29, 1.82) is 0 Å². The molecule has 2 aromatic rings. The fraction of sp³-hybridized carbons (Fsp3) is 0.316. The van der Waals surface area contributed by atoms with E-state index in [9.17, 15) is 4.79 Å². The van der Waals surface area contributed by atoms with Gasteiger partial charge in [0.15, 0.2) is 0 Å². The highest BCUT2D eigenvalue weighted by Gasteiger charge is 2.22. The number of likely N-dealkylation sites (tertiary alicyclic amines) is 1. The van der Waals surface area contributed by atoms with Crippen molar-refractivity contribution in [2.24, 2.45) is 0 Å². The SMILES string of the molecule is Nc1ccc(C(=O)OC(CN2CCCC2)c2ccccc2)cc1. The minimum absolute atomic E-state index is 0.251. The molecule has 0 radical (unpaired) electrons. The van der Waals surface area contributed by atoms with E-state index in [-0.39, 0.29) is 12.1 Å². The van der Waals surface area contributed by atoms with Crippen LogP contribution in [0.4, 0.5) is 5.69 Å². The fourth-order valence-corrected chi connectivity index (χ4v) is 2.89. The average Bonchev–Trinajstić information content (AvgIpc) is 3.09. The van der Waals surface area contributed by atoms with Crippen LogP contribution in [0.5, 0.6) is 0 Å². The smallest absolute Gasteiger partial charge is 0.338 e. The van der Waals surface area contributed by atoms with Gasteiger partial charge in [-0.3, -0.25) is 4.90 Å². The Morgan fingerprint density at radius 1 is 1.04 bits per heavy atom. The van der Waals surface area contributed by atoms with Gasteiger partial charge in [0.2, 0.25) is 0 Å². The number of hydrogen-bond donors (Lipinski definition) is 1. The second-order valence-corrected chi connectivity index (χ2v) is 5.93. The molecule has 1 aliphatic rings. The molecule has 0 bridgehead atoms. The van der Waals surface area contributed by atoms with Crippen molar-refractivity contribution in [3.05, 3.63) is 65.7 Å². The number of hydrogen-bond acceptors (Lipinski definition) is 4. The molecule has 120 valence electrons. The second kappa shape index (κ2) is 7.29. The largest absolute Gasteiger partial charge is 0.453 e. The van der Waals surface area contributed by atoms with Crippen molar-refractivity contribution in [1.82, 2.24) is 4.90 Å². The highest BCUT2D eigenvalue weighted by Crippen LogP contribution is 2.23. The van der Waals surface area contributed by atoms with Crippen LogP contribution in [-0.4, -0.2) is 30.5 Å². The lowest BCUT2D eigenvalue weighted by atomic mass is 10.1. The average molecular weight is 310 g/mol. The van der Waals surface area contributed by atoms with Crippen LogP contribution in [0.25, 0.3) is 0 Å². The molecule has 1 aliphatic heterocycles. The highest BCUT2D eigenvalue weighted by molar-refractivity contribution is 5.89. The summed E-state index contributed by atoms with van der Waals surface area (Å²) in [5.74, 6) is -0.307. The Morgan fingerprint density at radius 2 is 1.70 bits per heavy atom. The van der Waals surface area contributed by atoms with E-state index in [0.717, 1.165) is 25.2 Å². The van der Waals surface area contributed by atoms with Crippen LogP contribution >= 0.6 is 0 Å². The molecule has 4 nitrogen and oxygen atoms in total. The molecule has 1 atom stereocenters. The van der Waals surface area contributed by atoms with Crippen molar-refractivity contribution in [2.45, 2.75) is 18.9 Å². The summed E-state index contributed by atoms with van der Waals surface area (Å²) < 4.78 is 5.80. The van der Waals surface area contributed by atoms with Gasteiger partial charge in [0, 0.05) is 12.2 Å². The van der Waals surface area contributed by atoms with Gasteiger partial charge in [-0.1, -0.05) is 30.3 Å². The summed E-state index contributed by atoms with van der Waals surface area (Å²) in [6.45, 7) is 2.89. The normalized spacial score (nSPS) is 16.2. The Bertz CT molecular complexity index is 634. The summed E-state index contributed by atoms with van der Waals surface area (Å²) in [4.78, 5) is 14.8. The molecule has 3 rings (SSSR count). The molecule has 1 unspecified atom stereocenters. The molecule has 2 aromatic carbocycles. The molecule has 1 heterocycles. The number of anilines is 1. The summed E-state index contributed by atoms with van der Waals surface area (Å²) in [7, 11) is 0. The van der Waals surface area contributed by atoms with E-state index in [4.69, 9.17) is 10.5 Å². The number of nitrogen functional groups attached to an aromatic ring is 1. The predicted molar refractivity (Wildman–Crippen MR) is 91.1 cm³/mol. The molecule has 4 heteroatoms. The Balaban J connectivity index is 1.74. The van der Waals surface area contributed by atoms with Crippen molar-refractivity contribution in [2.75, 3.05) is 25.4 Å². The molecule has 0 aliphatic carbocycles. The fourth-order valence-electron chi connectivity index (χ4n) is 2.89. The number of carbonyl (C=O) groups is 1. The van der Waals surface area contributed by atoms with E-state index in [2.05, 4.69) is 4.90 Å². The second-order valence-electron chi connectivity index (χ2n) is 5.93. The van der Waals surface area contributed by atoms with Crippen LogP contribution in [0.15, 0.2) is 54.6 Å². The van der Waals surface area contributed by atoms with E-state index in [0.29, 0.717) is 11.3 Å². The topological polar surface area (TPSA) is 55.6 Å². The van der Waals surface area contributed by atoms with E-state index in [1.807, 2.05) is 30.3 Å². The monoisotopic (exact) mass is 310 g/mol. The maximum absolute atomic E-state index is 12.4. The Kier molecular flexibility index (Phi) is 4.93. The third-order valence-corrected chi connectivity index (χ3v) is 4.19. The number of benzene rings is 2. The lowest BCUT2D eigenvalue weighted by Crippen LogP contribution is -2.28. The van der Waals surface area contributed by atoms with Gasteiger partial charge in [-0.15, -0.1) is 0 Å². The van der Waals surface area contributed by atoms with Gasteiger partial charge in [-0.25, -0.2) is 4.79 Å². The highest BCUT2D eigenvalue weighted by atomic mass is 16.5. The van der Waals surface area contributed by atoms with E-state index >= 15 is 0 Å². The van der Waals surface area contributed by atoms with Crippen molar-refractivity contribution in [3.8, 4) is 0 Å². The maximum Gasteiger partial charge on any atom is 0.338 e. The molecule has 0 spiro atoms. The molecule has 0 aromatic heterocycles. The third kappa shape index (κ3) is 4.11. The van der Waals surface area contributed by atoms with Crippen LogP contribution in [0, 0.1) is 0 Å². The van der Waals surface area contributed by atoms with Gasteiger partial charge in [-0.2, -0.15) is 0 Å². The zero-order chi connectivity index (χ0) is 16.1. The zero-order valence-corrected chi connectivity index (χ0v) is 13.2.